The summed E-state index contributed by atoms with van der Waals surface area (Å²) in [6, 6.07) is 14.3. The molecule has 0 spiro atoms. The highest BCUT2D eigenvalue weighted by atomic mass is 16.5. The lowest BCUT2D eigenvalue weighted by molar-refractivity contribution is 0.170. The van der Waals surface area contributed by atoms with E-state index in [9.17, 15) is 4.79 Å². The van der Waals surface area contributed by atoms with Gasteiger partial charge < -0.3 is 14.8 Å². The number of methoxy groups -OCH3 is 1. The molecule has 6 heteroatoms. The van der Waals surface area contributed by atoms with Crippen LogP contribution in [-0.2, 0) is 17.7 Å². The Hall–Kier alpha value is -3.28. The van der Waals surface area contributed by atoms with E-state index in [-0.39, 0.29) is 0 Å². The van der Waals surface area contributed by atoms with Crippen molar-refractivity contribution in [3.05, 3.63) is 65.4 Å². The molecule has 4 rings (SSSR count). The number of carbonyl (C=O) groups excluding carboxylic acids is 1. The number of alkyl carbamates (subject to hydrolysis) is 1. The van der Waals surface area contributed by atoms with Gasteiger partial charge in [0.1, 0.15) is 5.75 Å². The van der Waals surface area contributed by atoms with Crippen LogP contribution in [0.25, 0.3) is 16.9 Å². The molecule has 1 amide bonds. The van der Waals surface area contributed by atoms with Gasteiger partial charge in [-0.05, 0) is 66.8 Å². The van der Waals surface area contributed by atoms with Crippen molar-refractivity contribution in [3.63, 3.8) is 0 Å². The van der Waals surface area contributed by atoms with Crippen molar-refractivity contribution in [3.8, 4) is 22.7 Å². The number of ether oxygens (including phenoxy) is 2. The first-order valence-corrected chi connectivity index (χ1v) is 9.37. The van der Waals surface area contributed by atoms with E-state index in [1.807, 2.05) is 48.1 Å². The van der Waals surface area contributed by atoms with E-state index >= 15 is 0 Å². The minimum Gasteiger partial charge on any atom is -0.493 e. The van der Waals surface area contributed by atoms with Crippen molar-refractivity contribution in [2.75, 3.05) is 13.7 Å². The Morgan fingerprint density at radius 2 is 2.14 bits per heavy atom. The number of fused-ring (bicyclic) bond motifs is 1. The number of hydrogen-bond donors (Lipinski definition) is 1. The van der Waals surface area contributed by atoms with E-state index in [0.717, 1.165) is 53.3 Å². The standard InChI is InChI=1S/C22H23N3O3/c1-15-5-6-16(12-18(15)14-23-22(26)27-2)20-9-10-25(24-20)19-7-8-21-17(13-19)4-3-11-28-21/h5-10,12-13H,3-4,11,14H2,1-2H3,(H,23,26). The van der Waals surface area contributed by atoms with Crippen LogP contribution in [0, 0.1) is 6.92 Å². The number of rotatable bonds is 4. The van der Waals surface area contributed by atoms with Gasteiger partial charge in [-0.15, -0.1) is 0 Å². The number of hydrogen-bond acceptors (Lipinski definition) is 4. The van der Waals surface area contributed by atoms with Crippen molar-refractivity contribution >= 4 is 6.09 Å². The van der Waals surface area contributed by atoms with Gasteiger partial charge in [-0.2, -0.15) is 5.10 Å². The van der Waals surface area contributed by atoms with Crippen LogP contribution in [0.1, 0.15) is 23.1 Å². The Morgan fingerprint density at radius 1 is 1.25 bits per heavy atom. The fraction of sp³-hybridized carbons (Fsp3) is 0.273. The molecule has 0 radical (unpaired) electrons. The van der Waals surface area contributed by atoms with E-state index in [1.54, 1.807) is 0 Å². The lowest BCUT2D eigenvalue weighted by atomic mass is 10.0. The van der Waals surface area contributed by atoms with E-state index < -0.39 is 6.09 Å². The van der Waals surface area contributed by atoms with Crippen molar-refractivity contribution < 1.29 is 14.3 Å². The lowest BCUT2D eigenvalue weighted by Crippen LogP contribution is -2.22. The maximum Gasteiger partial charge on any atom is 0.407 e. The van der Waals surface area contributed by atoms with Crippen LogP contribution >= 0.6 is 0 Å². The van der Waals surface area contributed by atoms with E-state index in [0.29, 0.717) is 6.54 Å². The molecule has 0 saturated carbocycles. The number of nitrogens with zero attached hydrogens (tertiary/aromatic N) is 2. The molecule has 28 heavy (non-hydrogen) atoms. The van der Waals surface area contributed by atoms with Crippen molar-refractivity contribution in [1.82, 2.24) is 15.1 Å². The topological polar surface area (TPSA) is 65.4 Å². The summed E-state index contributed by atoms with van der Waals surface area (Å²) >= 11 is 0. The second-order valence-electron chi connectivity index (χ2n) is 6.88. The van der Waals surface area contributed by atoms with Gasteiger partial charge in [-0.25, -0.2) is 9.48 Å². The molecule has 144 valence electrons. The van der Waals surface area contributed by atoms with Gasteiger partial charge in [-0.1, -0.05) is 12.1 Å². The molecule has 2 heterocycles. The van der Waals surface area contributed by atoms with E-state index in [1.165, 1.54) is 12.7 Å². The number of nitrogens with one attached hydrogen (secondary N) is 1. The SMILES string of the molecule is COC(=O)NCc1cc(-c2ccn(-c3ccc4c(c3)CCCO4)n2)ccc1C. The Bertz CT molecular complexity index is 1010. The molecule has 1 aliphatic heterocycles. The first kappa shape index (κ1) is 18.1. The average Bonchev–Trinajstić information content (AvgIpc) is 3.23. The van der Waals surface area contributed by atoms with Crippen molar-refractivity contribution in [1.29, 1.82) is 0 Å². The molecule has 1 aliphatic rings. The highest BCUT2D eigenvalue weighted by molar-refractivity contribution is 5.67. The predicted molar refractivity (Wildman–Crippen MR) is 107 cm³/mol. The Kier molecular flexibility index (Phi) is 5.02. The Morgan fingerprint density at radius 3 is 3.00 bits per heavy atom. The van der Waals surface area contributed by atoms with Crippen LogP contribution in [0.2, 0.25) is 0 Å². The van der Waals surface area contributed by atoms with Crippen LogP contribution in [0.15, 0.2) is 48.7 Å². The molecule has 2 aromatic carbocycles. The van der Waals surface area contributed by atoms with Crippen molar-refractivity contribution in [2.24, 2.45) is 0 Å². The molecule has 0 saturated heterocycles. The number of aromatic nitrogens is 2. The first-order valence-electron chi connectivity index (χ1n) is 9.37. The summed E-state index contributed by atoms with van der Waals surface area (Å²) in [6.07, 6.45) is 3.61. The first-order chi connectivity index (χ1) is 13.6. The molecule has 0 unspecified atom stereocenters. The summed E-state index contributed by atoms with van der Waals surface area (Å²) in [7, 11) is 1.36. The largest absolute Gasteiger partial charge is 0.493 e. The smallest absolute Gasteiger partial charge is 0.407 e. The summed E-state index contributed by atoms with van der Waals surface area (Å²) in [5, 5.41) is 7.48. The third-order valence-electron chi connectivity index (χ3n) is 5.00. The molecule has 6 nitrogen and oxygen atoms in total. The van der Waals surface area contributed by atoms with Crippen molar-refractivity contribution in [2.45, 2.75) is 26.3 Å². The van der Waals surface area contributed by atoms with Crippen LogP contribution < -0.4 is 10.1 Å². The Balaban J connectivity index is 1.58. The maximum absolute atomic E-state index is 11.4. The van der Waals surface area contributed by atoms with E-state index in [2.05, 4.69) is 22.2 Å². The summed E-state index contributed by atoms with van der Waals surface area (Å²) in [6.45, 7) is 3.22. The zero-order chi connectivity index (χ0) is 19.5. The van der Waals surface area contributed by atoms with Gasteiger partial charge in [0, 0.05) is 18.3 Å². The van der Waals surface area contributed by atoms with Gasteiger partial charge in [-0.3, -0.25) is 0 Å². The molecule has 0 atom stereocenters. The molecule has 0 bridgehead atoms. The van der Waals surface area contributed by atoms with Gasteiger partial charge in [0.25, 0.3) is 0 Å². The number of amides is 1. The third-order valence-corrected chi connectivity index (χ3v) is 5.00. The molecule has 1 aromatic heterocycles. The van der Waals surface area contributed by atoms with Gasteiger partial charge in [0.05, 0.1) is 25.1 Å². The second-order valence-corrected chi connectivity index (χ2v) is 6.88. The van der Waals surface area contributed by atoms with Crippen LogP contribution in [0.4, 0.5) is 4.79 Å². The zero-order valence-corrected chi connectivity index (χ0v) is 16.1. The third kappa shape index (κ3) is 3.71. The van der Waals surface area contributed by atoms with Crippen LogP contribution in [0.5, 0.6) is 5.75 Å². The maximum atomic E-state index is 11.4. The number of carbonyl (C=O) groups is 1. The highest BCUT2D eigenvalue weighted by Crippen LogP contribution is 2.28. The zero-order valence-electron chi connectivity index (χ0n) is 16.1. The van der Waals surface area contributed by atoms with E-state index in [4.69, 9.17) is 9.84 Å². The molecule has 3 aromatic rings. The minimum atomic E-state index is -0.439. The summed E-state index contributed by atoms with van der Waals surface area (Å²) < 4.78 is 12.2. The molecule has 1 N–H and O–H groups in total. The predicted octanol–water partition coefficient (Wildman–Crippen LogP) is 4.03. The molecule has 0 fully saturated rings. The second kappa shape index (κ2) is 7.76. The summed E-state index contributed by atoms with van der Waals surface area (Å²) in [4.78, 5) is 11.4. The normalized spacial score (nSPS) is 12.8. The average molecular weight is 377 g/mol. The molecular formula is C22H23N3O3. The quantitative estimate of drug-likeness (QED) is 0.746. The Labute approximate surface area is 164 Å². The van der Waals surface area contributed by atoms with Crippen LogP contribution in [-0.4, -0.2) is 29.6 Å². The van der Waals surface area contributed by atoms with Gasteiger partial charge >= 0.3 is 6.09 Å². The lowest BCUT2D eigenvalue weighted by Gasteiger charge is -2.17. The minimum absolute atomic E-state index is 0.415. The number of benzene rings is 2. The molecule has 0 aliphatic carbocycles. The monoisotopic (exact) mass is 377 g/mol. The van der Waals surface area contributed by atoms with Crippen LogP contribution in [0.3, 0.4) is 0 Å². The molecular weight excluding hydrogens is 354 g/mol. The van der Waals surface area contributed by atoms with Gasteiger partial charge in [0.2, 0.25) is 0 Å². The fourth-order valence-electron chi connectivity index (χ4n) is 3.37. The number of aryl methyl sites for hydroxylation is 2. The van der Waals surface area contributed by atoms with Gasteiger partial charge in [0.15, 0.2) is 0 Å². The fourth-order valence-corrected chi connectivity index (χ4v) is 3.37. The summed E-state index contributed by atoms with van der Waals surface area (Å²) in [5.74, 6) is 0.976. The highest BCUT2D eigenvalue weighted by Gasteiger charge is 2.12. The summed E-state index contributed by atoms with van der Waals surface area (Å²) in [5.41, 5.74) is 6.28.